The van der Waals surface area contributed by atoms with Crippen molar-refractivity contribution in [2.75, 3.05) is 36.9 Å². The molecule has 2 aliphatic rings. The maximum atomic E-state index is 15.3. The molecule has 32 heavy (non-hydrogen) atoms. The van der Waals surface area contributed by atoms with Crippen LogP contribution in [0, 0.1) is 30.0 Å². The molecule has 8 nitrogen and oxygen atoms in total. The van der Waals surface area contributed by atoms with Crippen molar-refractivity contribution in [1.29, 1.82) is 5.26 Å². The Morgan fingerprint density at radius 1 is 1.34 bits per heavy atom. The lowest BCUT2D eigenvalue weighted by Crippen LogP contribution is -2.44. The molecule has 1 saturated carbocycles. The zero-order chi connectivity index (χ0) is 23.2. The quantitative estimate of drug-likeness (QED) is 0.659. The molecule has 1 saturated heterocycles. The molecule has 9 heteroatoms. The van der Waals surface area contributed by atoms with E-state index in [-0.39, 0.29) is 17.5 Å². The summed E-state index contributed by atoms with van der Waals surface area (Å²) in [6.45, 7) is 9.04. The van der Waals surface area contributed by atoms with Gasteiger partial charge in [0.05, 0.1) is 22.7 Å². The van der Waals surface area contributed by atoms with Crippen molar-refractivity contribution in [2.24, 2.45) is 5.92 Å². The molecule has 1 aliphatic heterocycles. The molecule has 2 aromatic rings. The van der Waals surface area contributed by atoms with E-state index in [9.17, 15) is 9.59 Å². The topological polar surface area (TPSA) is 100 Å². The summed E-state index contributed by atoms with van der Waals surface area (Å²) in [4.78, 5) is 29.7. The van der Waals surface area contributed by atoms with Crippen LogP contribution in [0.5, 0.6) is 0 Å². The van der Waals surface area contributed by atoms with Crippen LogP contribution in [0.15, 0.2) is 15.7 Å². The average Bonchev–Trinajstić information content (AvgIpc) is 3.50. The Kier molecular flexibility index (Phi) is 5.99. The lowest BCUT2D eigenvalue weighted by atomic mass is 9.98. The molecule has 1 aromatic heterocycles. The molecule has 1 aromatic carbocycles. The summed E-state index contributed by atoms with van der Waals surface area (Å²) >= 11 is 0. The lowest BCUT2D eigenvalue weighted by Gasteiger charge is -2.32. The zero-order valence-corrected chi connectivity index (χ0v) is 19.0. The maximum absolute atomic E-state index is 15.3. The first-order chi connectivity index (χ1) is 15.3. The number of halogens is 1. The number of aryl methyl sites for hydroxylation is 1. The Bertz CT molecular complexity index is 1190. The number of fused-ring (bicyclic) bond motifs is 1. The van der Waals surface area contributed by atoms with Crippen molar-refractivity contribution < 1.29 is 4.39 Å². The number of nitrogen functional groups attached to an aromatic ring is 1. The van der Waals surface area contributed by atoms with Gasteiger partial charge in [-0.25, -0.2) is 9.18 Å². The third-order valence-electron chi connectivity index (χ3n) is 7.19. The summed E-state index contributed by atoms with van der Waals surface area (Å²) in [5.74, 6) is 5.59. The smallest absolute Gasteiger partial charge is 0.350 e. The minimum absolute atomic E-state index is 0.00186. The highest BCUT2D eigenvalue weighted by Crippen LogP contribution is 2.39. The predicted molar refractivity (Wildman–Crippen MR) is 123 cm³/mol. The van der Waals surface area contributed by atoms with E-state index in [1.54, 1.807) is 11.5 Å². The molecule has 172 valence electrons. The van der Waals surface area contributed by atoms with Gasteiger partial charge in [-0.3, -0.25) is 14.3 Å². The fraction of sp³-hybridized carbons (Fsp3) is 0.609. The van der Waals surface area contributed by atoms with Crippen molar-refractivity contribution in [1.82, 2.24) is 14.1 Å². The Morgan fingerprint density at radius 3 is 2.69 bits per heavy atom. The molecular formula is C23H31FN6O2. The molecule has 0 radical (unpaired) electrons. The van der Waals surface area contributed by atoms with Crippen LogP contribution in [0.3, 0.4) is 0 Å². The Labute approximate surface area is 186 Å². The molecule has 2 fully saturated rings. The summed E-state index contributed by atoms with van der Waals surface area (Å²) in [6.07, 6.45) is 3.10. The maximum Gasteiger partial charge on any atom is 0.350 e. The molecule has 0 spiro atoms. The highest BCUT2D eigenvalue weighted by atomic mass is 19.1. The van der Waals surface area contributed by atoms with Crippen molar-refractivity contribution in [3.8, 4) is 6.07 Å². The minimum Gasteiger partial charge on any atom is -0.369 e. The Balaban J connectivity index is 1.72. The van der Waals surface area contributed by atoms with E-state index in [1.165, 1.54) is 6.07 Å². The minimum atomic E-state index is -0.667. The van der Waals surface area contributed by atoms with E-state index in [0.29, 0.717) is 46.9 Å². The average molecular weight is 443 g/mol. The molecule has 0 bridgehead atoms. The fourth-order valence-electron chi connectivity index (χ4n) is 5.24. The van der Waals surface area contributed by atoms with Gasteiger partial charge in [-0.05, 0) is 51.6 Å². The number of anilines is 1. The van der Waals surface area contributed by atoms with Crippen LogP contribution in [0.2, 0.25) is 0 Å². The lowest BCUT2D eigenvalue weighted by molar-refractivity contribution is 0.173. The second kappa shape index (κ2) is 8.58. The van der Waals surface area contributed by atoms with Gasteiger partial charge in [0, 0.05) is 43.7 Å². The molecular weight excluding hydrogens is 411 g/mol. The highest BCUT2D eigenvalue weighted by Gasteiger charge is 2.34. The SMILES string of the molecule is CCN(CCC#N)C(C)C1CCN(c2c(F)cc3c(=O)n(N)c(=O)n(C4CC4)c3c2C)C1. The Hall–Kier alpha value is -2.86. The largest absolute Gasteiger partial charge is 0.369 e. The predicted octanol–water partition coefficient (Wildman–Crippen LogP) is 2.11. The van der Waals surface area contributed by atoms with Crippen LogP contribution in [0.1, 0.15) is 51.1 Å². The van der Waals surface area contributed by atoms with Gasteiger partial charge in [0.1, 0.15) is 5.82 Å². The third kappa shape index (κ3) is 3.66. The van der Waals surface area contributed by atoms with Gasteiger partial charge in [0.2, 0.25) is 0 Å². The first-order valence-corrected chi connectivity index (χ1v) is 11.4. The summed E-state index contributed by atoms with van der Waals surface area (Å²) in [6, 6.07) is 3.73. The van der Waals surface area contributed by atoms with E-state index >= 15 is 4.39 Å². The molecule has 2 atom stereocenters. The van der Waals surface area contributed by atoms with Gasteiger partial charge in [-0.2, -0.15) is 9.94 Å². The standard InChI is InChI=1S/C23H31FN6O2/c1-4-27(10-5-9-25)15(3)16-8-11-28(13-16)21-14(2)20-18(12-19(21)24)22(31)30(26)23(32)29(20)17-6-7-17/h12,15-17H,4-8,10-11,13,26H2,1-3H3. The van der Waals surface area contributed by atoms with E-state index in [4.69, 9.17) is 11.1 Å². The number of hydrogen-bond acceptors (Lipinski definition) is 6. The molecule has 1 aliphatic carbocycles. The summed E-state index contributed by atoms with van der Waals surface area (Å²) < 4.78 is 17.5. The van der Waals surface area contributed by atoms with Gasteiger partial charge in [0.25, 0.3) is 5.56 Å². The number of nitriles is 1. The zero-order valence-electron chi connectivity index (χ0n) is 19.0. The molecule has 2 unspecified atom stereocenters. The van der Waals surface area contributed by atoms with Gasteiger partial charge in [0.15, 0.2) is 0 Å². The van der Waals surface area contributed by atoms with E-state index in [0.717, 1.165) is 32.4 Å². The van der Waals surface area contributed by atoms with E-state index in [1.807, 2.05) is 4.90 Å². The third-order valence-corrected chi connectivity index (χ3v) is 7.19. The molecule has 0 amide bonds. The van der Waals surface area contributed by atoms with Crippen LogP contribution in [0.4, 0.5) is 10.1 Å². The number of benzene rings is 1. The second-order valence-electron chi connectivity index (χ2n) is 9.06. The summed E-state index contributed by atoms with van der Waals surface area (Å²) in [5.41, 5.74) is 0.373. The molecule has 2 N–H and O–H groups in total. The first kappa shape index (κ1) is 22.3. The number of nitrogens with zero attached hydrogens (tertiary/aromatic N) is 5. The van der Waals surface area contributed by atoms with Crippen molar-refractivity contribution in [3.05, 3.63) is 38.3 Å². The molecule has 2 heterocycles. The van der Waals surface area contributed by atoms with Crippen LogP contribution >= 0.6 is 0 Å². The van der Waals surface area contributed by atoms with Gasteiger partial charge in [-0.1, -0.05) is 6.92 Å². The van der Waals surface area contributed by atoms with Crippen LogP contribution in [-0.2, 0) is 0 Å². The first-order valence-electron chi connectivity index (χ1n) is 11.4. The van der Waals surface area contributed by atoms with E-state index < -0.39 is 17.1 Å². The summed E-state index contributed by atoms with van der Waals surface area (Å²) in [7, 11) is 0. The number of hydrogen-bond donors (Lipinski definition) is 1. The Morgan fingerprint density at radius 2 is 2.06 bits per heavy atom. The van der Waals surface area contributed by atoms with Gasteiger partial charge in [-0.15, -0.1) is 0 Å². The van der Waals surface area contributed by atoms with Gasteiger partial charge >= 0.3 is 5.69 Å². The van der Waals surface area contributed by atoms with Crippen LogP contribution in [-0.4, -0.2) is 46.4 Å². The van der Waals surface area contributed by atoms with Crippen LogP contribution in [0.25, 0.3) is 10.9 Å². The highest BCUT2D eigenvalue weighted by molar-refractivity contribution is 5.87. The normalized spacial score (nSPS) is 19.6. The van der Waals surface area contributed by atoms with Crippen molar-refractivity contribution in [2.45, 2.75) is 58.5 Å². The second-order valence-corrected chi connectivity index (χ2v) is 9.06. The van der Waals surface area contributed by atoms with Gasteiger partial charge < -0.3 is 10.7 Å². The molecule has 4 rings (SSSR count). The fourth-order valence-corrected chi connectivity index (χ4v) is 5.24. The van der Waals surface area contributed by atoms with Crippen molar-refractivity contribution >= 4 is 16.6 Å². The number of aromatic nitrogens is 2. The number of rotatable bonds is 7. The van der Waals surface area contributed by atoms with E-state index in [2.05, 4.69) is 24.8 Å². The van der Waals surface area contributed by atoms with Crippen molar-refractivity contribution in [3.63, 3.8) is 0 Å². The summed E-state index contributed by atoms with van der Waals surface area (Å²) in [5, 5.41) is 9.08. The monoisotopic (exact) mass is 442 g/mol. The van der Waals surface area contributed by atoms with Crippen LogP contribution < -0.4 is 22.0 Å². The number of nitrogens with two attached hydrogens (primary N) is 1.